The third-order valence-corrected chi connectivity index (χ3v) is 3.30. The average molecular weight is 249 g/mol. The molecule has 0 amide bonds. The Bertz CT molecular complexity index is 415. The Balaban J connectivity index is 2.31. The summed E-state index contributed by atoms with van der Waals surface area (Å²) in [7, 11) is 0. The van der Waals surface area contributed by atoms with Crippen LogP contribution in [0.1, 0.15) is 39.4 Å². The molecule has 0 radical (unpaired) electrons. The summed E-state index contributed by atoms with van der Waals surface area (Å²) >= 11 is 0. The minimum absolute atomic E-state index is 0.149. The van der Waals surface area contributed by atoms with Gasteiger partial charge in [-0.3, -0.25) is 0 Å². The average Bonchev–Trinajstić information content (AvgIpc) is 2.26. The van der Waals surface area contributed by atoms with Gasteiger partial charge in [0.2, 0.25) is 0 Å². The predicted octanol–water partition coefficient (Wildman–Crippen LogP) is 2.74. The Labute approximate surface area is 109 Å². The molecule has 1 fully saturated rings. The largest absolute Gasteiger partial charge is 0.389 e. The third kappa shape index (κ3) is 2.85. The minimum atomic E-state index is -0.442. The van der Waals surface area contributed by atoms with Gasteiger partial charge < -0.3 is 14.7 Å². The summed E-state index contributed by atoms with van der Waals surface area (Å²) in [5.74, 6) is 0. The molecule has 2 atom stereocenters. The highest BCUT2D eigenvalue weighted by Gasteiger charge is 2.32. The Morgan fingerprint density at radius 2 is 2.06 bits per heavy atom. The molecule has 0 spiro atoms. The van der Waals surface area contributed by atoms with Crippen molar-refractivity contribution < 1.29 is 9.84 Å². The van der Waals surface area contributed by atoms with Crippen LogP contribution >= 0.6 is 0 Å². The second kappa shape index (κ2) is 4.90. The van der Waals surface area contributed by atoms with Gasteiger partial charge in [-0.1, -0.05) is 18.2 Å². The van der Waals surface area contributed by atoms with E-state index in [1.54, 1.807) is 0 Å². The topological polar surface area (TPSA) is 32.7 Å². The van der Waals surface area contributed by atoms with E-state index in [2.05, 4.69) is 31.7 Å². The maximum absolute atomic E-state index is 9.87. The highest BCUT2D eigenvalue weighted by atomic mass is 16.5. The molecule has 1 aliphatic rings. The Kier molecular flexibility index (Phi) is 3.64. The number of benzene rings is 1. The van der Waals surface area contributed by atoms with Crippen molar-refractivity contribution in [3.8, 4) is 0 Å². The second-order valence-electron chi connectivity index (χ2n) is 5.80. The zero-order chi connectivity index (χ0) is 13.3. The Morgan fingerprint density at radius 1 is 1.39 bits per heavy atom. The number of hydrogen-bond donors (Lipinski definition) is 1. The summed E-state index contributed by atoms with van der Waals surface area (Å²) in [4.78, 5) is 2.32. The first kappa shape index (κ1) is 13.4. The summed E-state index contributed by atoms with van der Waals surface area (Å²) < 4.78 is 5.92. The van der Waals surface area contributed by atoms with Crippen molar-refractivity contribution in [3.05, 3.63) is 29.8 Å². The smallest absolute Gasteiger partial charge is 0.0805 e. The summed E-state index contributed by atoms with van der Waals surface area (Å²) in [5, 5.41) is 9.87. The highest BCUT2D eigenvalue weighted by molar-refractivity contribution is 5.55. The minimum Gasteiger partial charge on any atom is -0.389 e. The van der Waals surface area contributed by atoms with Gasteiger partial charge in [0.15, 0.2) is 0 Å². The van der Waals surface area contributed by atoms with Gasteiger partial charge >= 0.3 is 0 Å². The second-order valence-corrected chi connectivity index (χ2v) is 5.80. The standard InChI is InChI=1S/C15H23NO2/c1-11-9-16(10-15(3,4)18-11)14-8-6-5-7-13(14)12(2)17/h5-8,11-12,17H,9-10H2,1-4H3/t11?,12-/m0/s1. The van der Waals surface area contributed by atoms with Gasteiger partial charge in [-0.15, -0.1) is 0 Å². The van der Waals surface area contributed by atoms with Crippen molar-refractivity contribution in [1.29, 1.82) is 0 Å². The zero-order valence-corrected chi connectivity index (χ0v) is 11.7. The van der Waals surface area contributed by atoms with E-state index in [4.69, 9.17) is 4.74 Å². The number of anilines is 1. The first-order valence-corrected chi connectivity index (χ1v) is 6.59. The molecule has 0 aliphatic carbocycles. The summed E-state index contributed by atoms with van der Waals surface area (Å²) in [6.07, 6.45) is -0.238. The van der Waals surface area contributed by atoms with E-state index in [0.29, 0.717) is 0 Å². The lowest BCUT2D eigenvalue weighted by Gasteiger charge is -2.43. The molecule has 3 heteroatoms. The molecule has 1 aliphatic heterocycles. The molecule has 0 aromatic heterocycles. The molecule has 0 bridgehead atoms. The number of aliphatic hydroxyl groups excluding tert-OH is 1. The van der Waals surface area contributed by atoms with Crippen LogP contribution in [0.15, 0.2) is 24.3 Å². The molecule has 100 valence electrons. The van der Waals surface area contributed by atoms with E-state index >= 15 is 0 Å². The molecule has 1 N–H and O–H groups in total. The van der Waals surface area contributed by atoms with Crippen molar-refractivity contribution in [2.24, 2.45) is 0 Å². The van der Waals surface area contributed by atoms with Gasteiger partial charge in [0, 0.05) is 24.3 Å². The number of aliphatic hydroxyl groups is 1. The van der Waals surface area contributed by atoms with E-state index in [1.165, 1.54) is 0 Å². The molecule has 1 aromatic carbocycles. The number of morpholine rings is 1. The molecule has 1 heterocycles. The van der Waals surface area contributed by atoms with Crippen LogP contribution in [-0.2, 0) is 4.74 Å². The monoisotopic (exact) mass is 249 g/mol. The van der Waals surface area contributed by atoms with Gasteiger partial charge in [-0.2, -0.15) is 0 Å². The molecule has 1 saturated heterocycles. The SMILES string of the molecule is CC1CN(c2ccccc2[C@H](C)O)CC(C)(C)O1. The Hall–Kier alpha value is -1.06. The number of rotatable bonds is 2. The van der Waals surface area contributed by atoms with Crippen LogP contribution in [0.25, 0.3) is 0 Å². The van der Waals surface area contributed by atoms with Crippen molar-refractivity contribution in [2.75, 3.05) is 18.0 Å². The number of para-hydroxylation sites is 1. The summed E-state index contributed by atoms with van der Waals surface area (Å²) in [5.41, 5.74) is 1.96. The van der Waals surface area contributed by atoms with Gasteiger partial charge in [-0.05, 0) is 33.8 Å². The molecule has 2 rings (SSSR count). The third-order valence-electron chi connectivity index (χ3n) is 3.30. The van der Waals surface area contributed by atoms with Crippen LogP contribution in [0.2, 0.25) is 0 Å². The lowest BCUT2D eigenvalue weighted by Crippen LogP contribution is -2.52. The molecule has 18 heavy (non-hydrogen) atoms. The van der Waals surface area contributed by atoms with Gasteiger partial charge in [-0.25, -0.2) is 0 Å². The fourth-order valence-electron chi connectivity index (χ4n) is 2.77. The van der Waals surface area contributed by atoms with Crippen molar-refractivity contribution in [2.45, 2.75) is 45.5 Å². The van der Waals surface area contributed by atoms with Gasteiger partial charge in [0.25, 0.3) is 0 Å². The summed E-state index contributed by atoms with van der Waals surface area (Å²) in [6, 6.07) is 8.07. The van der Waals surface area contributed by atoms with Crippen LogP contribution in [0.4, 0.5) is 5.69 Å². The normalized spacial score (nSPS) is 24.9. The predicted molar refractivity (Wildman–Crippen MR) is 73.9 cm³/mol. The maximum atomic E-state index is 9.87. The van der Waals surface area contributed by atoms with E-state index in [1.807, 2.05) is 25.1 Å². The lowest BCUT2D eigenvalue weighted by molar-refractivity contribution is -0.0750. The van der Waals surface area contributed by atoms with E-state index in [9.17, 15) is 5.11 Å². The van der Waals surface area contributed by atoms with E-state index in [-0.39, 0.29) is 11.7 Å². The van der Waals surface area contributed by atoms with Crippen LogP contribution in [0.5, 0.6) is 0 Å². The van der Waals surface area contributed by atoms with Crippen LogP contribution in [0, 0.1) is 0 Å². The first-order chi connectivity index (χ1) is 8.39. The van der Waals surface area contributed by atoms with Gasteiger partial charge in [0.05, 0.1) is 17.8 Å². The number of ether oxygens (including phenoxy) is 1. The first-order valence-electron chi connectivity index (χ1n) is 6.59. The number of nitrogens with zero attached hydrogens (tertiary/aromatic N) is 1. The fraction of sp³-hybridized carbons (Fsp3) is 0.600. The molecular weight excluding hydrogens is 226 g/mol. The lowest BCUT2D eigenvalue weighted by atomic mass is 10.0. The van der Waals surface area contributed by atoms with Crippen molar-refractivity contribution in [1.82, 2.24) is 0 Å². The van der Waals surface area contributed by atoms with Crippen molar-refractivity contribution >= 4 is 5.69 Å². The molecular formula is C15H23NO2. The van der Waals surface area contributed by atoms with E-state index in [0.717, 1.165) is 24.3 Å². The van der Waals surface area contributed by atoms with Crippen molar-refractivity contribution in [3.63, 3.8) is 0 Å². The summed E-state index contributed by atoms with van der Waals surface area (Å²) in [6.45, 7) is 9.85. The van der Waals surface area contributed by atoms with E-state index < -0.39 is 6.10 Å². The quantitative estimate of drug-likeness (QED) is 0.874. The number of hydrogen-bond acceptors (Lipinski definition) is 3. The highest BCUT2D eigenvalue weighted by Crippen LogP contribution is 2.31. The van der Waals surface area contributed by atoms with Crippen LogP contribution in [0.3, 0.4) is 0 Å². The fourth-order valence-corrected chi connectivity index (χ4v) is 2.77. The maximum Gasteiger partial charge on any atom is 0.0805 e. The Morgan fingerprint density at radius 3 is 2.67 bits per heavy atom. The van der Waals surface area contributed by atoms with Gasteiger partial charge in [0.1, 0.15) is 0 Å². The molecule has 1 aromatic rings. The molecule has 3 nitrogen and oxygen atoms in total. The van der Waals surface area contributed by atoms with Crippen LogP contribution in [-0.4, -0.2) is 29.9 Å². The molecule has 0 saturated carbocycles. The van der Waals surface area contributed by atoms with Crippen LogP contribution < -0.4 is 4.90 Å². The zero-order valence-electron chi connectivity index (χ0n) is 11.7. The molecule has 1 unspecified atom stereocenters.